The van der Waals surface area contributed by atoms with Crippen LogP contribution in [-0.2, 0) is 17.9 Å². The molecule has 4 aromatic rings. The van der Waals surface area contributed by atoms with Crippen molar-refractivity contribution in [3.05, 3.63) is 116 Å². The first-order valence-electron chi connectivity index (χ1n) is 12.3. The Kier molecular flexibility index (Phi) is 8.98. The monoisotopic (exact) mass is 607 g/mol. The molecule has 1 aromatic heterocycles. The standard InChI is InChI=1S/C30H23Cl2N3O5S/c1-38-27-13-19(8-11-26(27)40-18-21-9-10-22(31)15-24(21)32)14-28-29(37)35(17-23-6-4-12-39-23)30(41-28)34-33-16-20-5-2-3-7-25(20)36/h2-16,36H,17-18H2,1H3/b28-14-,33-16-,34-30+. The number of amidine groups is 1. The second kappa shape index (κ2) is 13.0. The molecule has 0 bridgehead atoms. The van der Waals surface area contributed by atoms with Gasteiger partial charge in [-0.05, 0) is 71.9 Å². The van der Waals surface area contributed by atoms with Crippen LogP contribution in [0, 0.1) is 0 Å². The van der Waals surface area contributed by atoms with E-state index in [4.69, 9.17) is 37.1 Å². The van der Waals surface area contributed by atoms with Crippen LogP contribution in [0.5, 0.6) is 17.2 Å². The molecule has 1 amide bonds. The van der Waals surface area contributed by atoms with E-state index in [9.17, 15) is 9.90 Å². The number of ether oxygens (including phenoxy) is 2. The summed E-state index contributed by atoms with van der Waals surface area (Å²) in [7, 11) is 1.54. The van der Waals surface area contributed by atoms with E-state index < -0.39 is 0 Å². The molecule has 1 saturated heterocycles. The van der Waals surface area contributed by atoms with Crippen LogP contribution in [0.25, 0.3) is 6.08 Å². The first-order valence-corrected chi connectivity index (χ1v) is 13.9. The minimum absolute atomic E-state index is 0.0808. The van der Waals surface area contributed by atoms with Gasteiger partial charge >= 0.3 is 0 Å². The fourth-order valence-corrected chi connectivity index (χ4v) is 5.25. The largest absolute Gasteiger partial charge is 0.507 e. The van der Waals surface area contributed by atoms with Gasteiger partial charge in [-0.15, -0.1) is 5.10 Å². The third kappa shape index (κ3) is 6.94. The molecule has 208 valence electrons. The van der Waals surface area contributed by atoms with Crippen LogP contribution in [0.3, 0.4) is 0 Å². The number of furan rings is 1. The summed E-state index contributed by atoms with van der Waals surface area (Å²) in [5.74, 6) is 1.44. The van der Waals surface area contributed by atoms with Crippen molar-refractivity contribution < 1.29 is 23.8 Å². The number of carbonyl (C=O) groups excluding carboxylic acids is 1. The van der Waals surface area contributed by atoms with E-state index in [1.165, 1.54) is 22.9 Å². The van der Waals surface area contributed by atoms with Crippen LogP contribution in [0.2, 0.25) is 10.0 Å². The second-order valence-corrected chi connectivity index (χ2v) is 10.6. The van der Waals surface area contributed by atoms with Crippen LogP contribution in [-0.4, -0.2) is 34.4 Å². The Balaban J connectivity index is 1.37. The number of amides is 1. The molecule has 1 aliphatic rings. The van der Waals surface area contributed by atoms with Gasteiger partial charge in [0, 0.05) is 21.2 Å². The Morgan fingerprint density at radius 3 is 2.66 bits per heavy atom. The second-order valence-electron chi connectivity index (χ2n) is 8.70. The van der Waals surface area contributed by atoms with Gasteiger partial charge in [-0.3, -0.25) is 9.69 Å². The number of nitrogens with zero attached hydrogens (tertiary/aromatic N) is 3. The molecule has 0 spiro atoms. The number of benzene rings is 3. The molecule has 1 N–H and O–H groups in total. The van der Waals surface area contributed by atoms with Gasteiger partial charge in [-0.2, -0.15) is 5.10 Å². The summed E-state index contributed by atoms with van der Waals surface area (Å²) in [6, 6.07) is 20.9. The van der Waals surface area contributed by atoms with Crippen LogP contribution >= 0.6 is 35.0 Å². The van der Waals surface area contributed by atoms with Crippen molar-refractivity contribution >= 4 is 58.3 Å². The van der Waals surface area contributed by atoms with E-state index in [0.29, 0.717) is 42.9 Å². The van der Waals surface area contributed by atoms with Crippen molar-refractivity contribution in [3.8, 4) is 17.2 Å². The molecular weight excluding hydrogens is 585 g/mol. The molecule has 1 fully saturated rings. The molecule has 3 aromatic carbocycles. The molecule has 1 aliphatic heterocycles. The van der Waals surface area contributed by atoms with Crippen molar-refractivity contribution in [2.24, 2.45) is 10.2 Å². The molecular formula is C30H23Cl2N3O5S. The summed E-state index contributed by atoms with van der Waals surface area (Å²) < 4.78 is 16.9. The zero-order valence-corrected chi connectivity index (χ0v) is 24.0. The van der Waals surface area contributed by atoms with E-state index in [0.717, 1.165) is 11.1 Å². The molecule has 5 rings (SSSR count). The fourth-order valence-electron chi connectivity index (χ4n) is 3.86. The Morgan fingerprint density at radius 2 is 1.90 bits per heavy atom. The van der Waals surface area contributed by atoms with Gasteiger partial charge in [-0.25, -0.2) is 0 Å². The summed E-state index contributed by atoms with van der Waals surface area (Å²) in [5, 5.41) is 19.8. The fraction of sp³-hybridized carbons (Fsp3) is 0.100. The maximum absolute atomic E-state index is 13.4. The predicted octanol–water partition coefficient (Wildman–Crippen LogP) is 7.39. The first-order chi connectivity index (χ1) is 19.9. The average Bonchev–Trinajstić information content (AvgIpc) is 3.58. The molecule has 0 radical (unpaired) electrons. The summed E-state index contributed by atoms with van der Waals surface area (Å²) in [4.78, 5) is 15.3. The van der Waals surface area contributed by atoms with Crippen molar-refractivity contribution in [2.45, 2.75) is 13.2 Å². The van der Waals surface area contributed by atoms with E-state index in [2.05, 4.69) is 10.2 Å². The molecule has 2 heterocycles. The zero-order valence-electron chi connectivity index (χ0n) is 21.7. The smallest absolute Gasteiger partial charge is 0.267 e. The lowest BCUT2D eigenvalue weighted by Gasteiger charge is -2.13. The number of hydrogen-bond donors (Lipinski definition) is 1. The minimum atomic E-state index is -0.250. The van der Waals surface area contributed by atoms with Gasteiger partial charge in [0.2, 0.25) is 0 Å². The number of carbonyl (C=O) groups is 1. The number of para-hydroxylation sites is 1. The third-order valence-electron chi connectivity index (χ3n) is 5.94. The Bertz CT molecular complexity index is 1650. The molecule has 0 saturated carbocycles. The summed E-state index contributed by atoms with van der Waals surface area (Å²) in [5.41, 5.74) is 2.02. The summed E-state index contributed by atoms with van der Waals surface area (Å²) in [6.45, 7) is 0.411. The number of hydrogen-bond acceptors (Lipinski definition) is 8. The average molecular weight is 609 g/mol. The number of halogens is 2. The highest BCUT2D eigenvalue weighted by molar-refractivity contribution is 8.18. The highest BCUT2D eigenvalue weighted by atomic mass is 35.5. The summed E-state index contributed by atoms with van der Waals surface area (Å²) >= 11 is 13.4. The lowest BCUT2D eigenvalue weighted by molar-refractivity contribution is -0.122. The molecule has 8 nitrogen and oxygen atoms in total. The first kappa shape index (κ1) is 28.4. The molecule has 0 aliphatic carbocycles. The van der Waals surface area contributed by atoms with Crippen LogP contribution in [0.1, 0.15) is 22.5 Å². The Labute approximate surface area is 250 Å². The van der Waals surface area contributed by atoms with Gasteiger partial charge in [0.25, 0.3) is 5.91 Å². The topological polar surface area (TPSA) is 96.9 Å². The molecule has 0 unspecified atom stereocenters. The quantitative estimate of drug-likeness (QED) is 0.121. The number of phenols is 1. The maximum atomic E-state index is 13.4. The lowest BCUT2D eigenvalue weighted by atomic mass is 10.1. The highest BCUT2D eigenvalue weighted by Crippen LogP contribution is 2.36. The van der Waals surface area contributed by atoms with Gasteiger partial charge in [0.15, 0.2) is 16.7 Å². The summed E-state index contributed by atoms with van der Waals surface area (Å²) in [6.07, 6.45) is 4.73. The molecule has 41 heavy (non-hydrogen) atoms. The van der Waals surface area contributed by atoms with Crippen LogP contribution in [0.4, 0.5) is 0 Å². The predicted molar refractivity (Wildman–Crippen MR) is 162 cm³/mol. The van der Waals surface area contributed by atoms with Crippen LogP contribution in [0.15, 0.2) is 98.6 Å². The molecule has 0 atom stereocenters. The van der Waals surface area contributed by atoms with Crippen molar-refractivity contribution in [3.63, 3.8) is 0 Å². The number of methoxy groups -OCH3 is 1. The number of aromatic hydroxyl groups is 1. The van der Waals surface area contributed by atoms with Gasteiger partial charge < -0.3 is 19.0 Å². The van der Waals surface area contributed by atoms with Gasteiger partial charge in [0.1, 0.15) is 18.1 Å². The van der Waals surface area contributed by atoms with E-state index >= 15 is 0 Å². The number of rotatable bonds is 9. The van der Waals surface area contributed by atoms with E-state index in [1.54, 1.807) is 86.2 Å². The third-order valence-corrected chi connectivity index (χ3v) is 7.53. The van der Waals surface area contributed by atoms with Gasteiger partial charge in [-0.1, -0.05) is 47.5 Å². The SMILES string of the molecule is COc1cc(/C=C2\S/C(=N/N=C\c3ccccc3O)N(Cc3ccco3)C2=O)ccc1OCc1ccc(Cl)cc1Cl. The molecule has 11 heteroatoms. The van der Waals surface area contributed by atoms with Crippen LogP contribution < -0.4 is 9.47 Å². The number of phenolic OH excluding ortho intramolecular Hbond substituents is 1. The Hall–Kier alpha value is -4.18. The van der Waals surface area contributed by atoms with Crippen molar-refractivity contribution in [1.29, 1.82) is 0 Å². The normalized spacial score (nSPS) is 15.4. The minimum Gasteiger partial charge on any atom is -0.507 e. The van der Waals surface area contributed by atoms with E-state index in [1.807, 2.05) is 6.07 Å². The highest BCUT2D eigenvalue weighted by Gasteiger charge is 2.34. The zero-order chi connectivity index (χ0) is 28.8. The Morgan fingerprint density at radius 1 is 1.05 bits per heavy atom. The lowest BCUT2D eigenvalue weighted by Crippen LogP contribution is -2.28. The van der Waals surface area contributed by atoms with Crippen molar-refractivity contribution in [2.75, 3.05) is 7.11 Å². The van der Waals surface area contributed by atoms with Gasteiger partial charge in [0.05, 0.1) is 31.0 Å². The number of thioether (sulfide) groups is 1. The van der Waals surface area contributed by atoms with E-state index in [-0.39, 0.29) is 24.8 Å². The van der Waals surface area contributed by atoms with Crippen molar-refractivity contribution in [1.82, 2.24) is 4.90 Å². The maximum Gasteiger partial charge on any atom is 0.267 e.